The number of halogens is 3. The number of alkyl halides is 3. The summed E-state index contributed by atoms with van der Waals surface area (Å²) >= 11 is 0. The summed E-state index contributed by atoms with van der Waals surface area (Å²) in [5, 5.41) is -0.219. The van der Waals surface area contributed by atoms with Gasteiger partial charge in [0.05, 0.1) is 18.1 Å². The van der Waals surface area contributed by atoms with E-state index in [0.717, 1.165) is 17.0 Å². The van der Waals surface area contributed by atoms with E-state index in [2.05, 4.69) is 4.74 Å². The van der Waals surface area contributed by atoms with Gasteiger partial charge in [0.2, 0.25) is 11.2 Å². The molecule has 1 amide bonds. The lowest BCUT2D eigenvalue weighted by Crippen LogP contribution is -2.25. The van der Waals surface area contributed by atoms with Crippen molar-refractivity contribution in [3.8, 4) is 17.2 Å². The van der Waals surface area contributed by atoms with Gasteiger partial charge in [-0.1, -0.05) is 0 Å². The molecule has 3 aromatic rings. The topological polar surface area (TPSA) is 95.3 Å². The number of rotatable bonds is 4. The van der Waals surface area contributed by atoms with E-state index in [1.165, 1.54) is 51.5 Å². The Morgan fingerprint density at radius 2 is 1.62 bits per heavy atom. The van der Waals surface area contributed by atoms with Gasteiger partial charge >= 0.3 is 18.2 Å². The van der Waals surface area contributed by atoms with Crippen molar-refractivity contribution in [3.63, 3.8) is 0 Å². The Bertz CT molecular complexity index is 1230. The van der Waals surface area contributed by atoms with E-state index in [0.29, 0.717) is 0 Å². The van der Waals surface area contributed by atoms with Crippen LogP contribution in [0.3, 0.4) is 0 Å². The lowest BCUT2D eigenvalue weighted by molar-refractivity contribution is -0.154. The first-order valence-corrected chi connectivity index (χ1v) is 8.94. The molecular weight excluding hydrogens is 435 g/mol. The van der Waals surface area contributed by atoms with Crippen LogP contribution >= 0.6 is 0 Å². The standard InChI is InChI=1S/C21H16F3NO7/c1-25(2)20(28)31-13-8-9-14-15(10-13)32-18(21(22,23)24)17(16(14)26)30-12-6-4-11(5-7-12)19(27)29-3/h4-10H,1-3H3. The summed E-state index contributed by atoms with van der Waals surface area (Å²) in [6.07, 6.45) is -5.83. The fourth-order valence-electron chi connectivity index (χ4n) is 2.59. The van der Waals surface area contributed by atoms with Gasteiger partial charge in [0.1, 0.15) is 17.1 Å². The van der Waals surface area contributed by atoms with Crippen LogP contribution in [0.25, 0.3) is 11.0 Å². The number of nitrogens with zero attached hydrogens (tertiary/aromatic N) is 1. The number of carbonyl (C=O) groups is 2. The molecule has 2 aromatic carbocycles. The van der Waals surface area contributed by atoms with Crippen molar-refractivity contribution >= 4 is 23.0 Å². The van der Waals surface area contributed by atoms with Crippen molar-refractivity contribution in [3.05, 3.63) is 64.0 Å². The molecule has 8 nitrogen and oxygen atoms in total. The number of esters is 1. The van der Waals surface area contributed by atoms with Crippen LogP contribution in [0.15, 0.2) is 51.7 Å². The molecule has 0 N–H and O–H groups in total. The van der Waals surface area contributed by atoms with E-state index in [-0.39, 0.29) is 22.4 Å². The molecule has 1 heterocycles. The number of fused-ring (bicyclic) bond motifs is 1. The SMILES string of the molecule is COC(=O)c1ccc(Oc2c(C(F)(F)F)oc3cc(OC(=O)N(C)C)ccc3c2=O)cc1. The van der Waals surface area contributed by atoms with E-state index in [9.17, 15) is 27.6 Å². The Hall–Kier alpha value is -4.02. The summed E-state index contributed by atoms with van der Waals surface area (Å²) in [6, 6.07) is 8.35. The van der Waals surface area contributed by atoms with Crippen molar-refractivity contribution in [1.82, 2.24) is 4.90 Å². The molecule has 0 aliphatic rings. The zero-order chi connectivity index (χ0) is 23.6. The van der Waals surface area contributed by atoms with Gasteiger partial charge in [-0.15, -0.1) is 0 Å². The molecular formula is C21H16F3NO7. The normalized spacial score (nSPS) is 11.2. The van der Waals surface area contributed by atoms with Crippen molar-refractivity contribution in [2.24, 2.45) is 0 Å². The molecule has 0 atom stereocenters. The molecule has 0 bridgehead atoms. The number of methoxy groups -OCH3 is 1. The van der Waals surface area contributed by atoms with Gasteiger partial charge < -0.3 is 23.5 Å². The van der Waals surface area contributed by atoms with Crippen molar-refractivity contribution in [2.45, 2.75) is 6.18 Å². The fourth-order valence-corrected chi connectivity index (χ4v) is 2.59. The molecule has 11 heteroatoms. The number of amides is 1. The second kappa shape index (κ2) is 8.61. The highest BCUT2D eigenvalue weighted by Gasteiger charge is 2.40. The quantitative estimate of drug-likeness (QED) is 0.541. The lowest BCUT2D eigenvalue weighted by Gasteiger charge is -2.14. The summed E-state index contributed by atoms with van der Waals surface area (Å²) in [5.74, 6) is -3.63. The van der Waals surface area contributed by atoms with E-state index in [4.69, 9.17) is 13.9 Å². The van der Waals surface area contributed by atoms with Crippen LogP contribution in [0.4, 0.5) is 18.0 Å². The summed E-state index contributed by atoms with van der Waals surface area (Å²) < 4.78 is 60.6. The van der Waals surface area contributed by atoms with Crippen LogP contribution in [0, 0.1) is 0 Å². The minimum Gasteiger partial charge on any atom is -0.465 e. The van der Waals surface area contributed by atoms with Crippen LogP contribution in [0.1, 0.15) is 16.1 Å². The summed E-state index contributed by atoms with van der Waals surface area (Å²) in [4.78, 5) is 37.1. The first-order chi connectivity index (χ1) is 15.0. The molecule has 0 radical (unpaired) electrons. The monoisotopic (exact) mass is 451 g/mol. The van der Waals surface area contributed by atoms with Crippen molar-refractivity contribution < 1.29 is 41.4 Å². The van der Waals surface area contributed by atoms with E-state index in [1.807, 2.05) is 0 Å². The van der Waals surface area contributed by atoms with Gasteiger partial charge in [-0.25, -0.2) is 9.59 Å². The predicted octanol–water partition coefficient (Wildman–Crippen LogP) is 4.45. The minimum absolute atomic E-state index is 0.112. The van der Waals surface area contributed by atoms with Crippen LogP contribution in [-0.4, -0.2) is 38.2 Å². The Morgan fingerprint density at radius 1 is 1.00 bits per heavy atom. The molecule has 1 aromatic heterocycles. The van der Waals surface area contributed by atoms with Crippen LogP contribution in [0.5, 0.6) is 17.2 Å². The molecule has 3 rings (SSSR count). The van der Waals surface area contributed by atoms with Crippen molar-refractivity contribution in [2.75, 3.05) is 21.2 Å². The summed E-state index contributed by atoms with van der Waals surface area (Å²) in [7, 11) is 4.02. The number of ether oxygens (including phenoxy) is 3. The Labute approximate surface area is 178 Å². The summed E-state index contributed by atoms with van der Waals surface area (Å²) in [5.41, 5.74) is -1.39. The van der Waals surface area contributed by atoms with Crippen molar-refractivity contribution in [1.29, 1.82) is 0 Å². The molecule has 0 aliphatic heterocycles. The predicted molar refractivity (Wildman–Crippen MR) is 105 cm³/mol. The Balaban J connectivity index is 2.07. The van der Waals surface area contributed by atoms with Crippen LogP contribution in [0.2, 0.25) is 0 Å². The highest BCUT2D eigenvalue weighted by Crippen LogP contribution is 2.38. The molecule has 0 saturated heterocycles. The first-order valence-electron chi connectivity index (χ1n) is 8.94. The lowest BCUT2D eigenvalue weighted by atomic mass is 10.2. The van der Waals surface area contributed by atoms with Gasteiger partial charge in [0.15, 0.2) is 0 Å². The van der Waals surface area contributed by atoms with E-state index in [1.54, 1.807) is 0 Å². The maximum absolute atomic E-state index is 13.6. The largest absolute Gasteiger partial charge is 0.465 e. The third kappa shape index (κ3) is 4.66. The van der Waals surface area contributed by atoms with Gasteiger partial charge in [0, 0.05) is 20.2 Å². The van der Waals surface area contributed by atoms with Gasteiger partial charge in [-0.3, -0.25) is 4.79 Å². The van der Waals surface area contributed by atoms with E-state index >= 15 is 0 Å². The molecule has 0 aliphatic carbocycles. The molecule has 0 unspecified atom stereocenters. The number of carbonyl (C=O) groups excluding carboxylic acids is 2. The fraction of sp³-hybridized carbons (Fsp3) is 0.190. The molecule has 32 heavy (non-hydrogen) atoms. The Kier molecular flexibility index (Phi) is 6.10. The second-order valence-electron chi connectivity index (χ2n) is 6.63. The number of benzene rings is 2. The van der Waals surface area contributed by atoms with Gasteiger partial charge in [-0.2, -0.15) is 13.2 Å². The third-order valence-corrected chi connectivity index (χ3v) is 4.15. The maximum Gasteiger partial charge on any atom is 0.453 e. The molecule has 0 saturated carbocycles. The van der Waals surface area contributed by atoms with Crippen LogP contribution < -0.4 is 14.9 Å². The average Bonchev–Trinajstić information content (AvgIpc) is 2.74. The highest BCUT2D eigenvalue weighted by atomic mass is 19.4. The maximum atomic E-state index is 13.6. The summed E-state index contributed by atoms with van der Waals surface area (Å²) in [6.45, 7) is 0. The smallest absolute Gasteiger partial charge is 0.453 e. The zero-order valence-corrected chi connectivity index (χ0v) is 17.0. The van der Waals surface area contributed by atoms with E-state index < -0.39 is 40.8 Å². The Morgan fingerprint density at radius 3 is 2.19 bits per heavy atom. The van der Waals surface area contributed by atoms with Gasteiger partial charge in [0.25, 0.3) is 5.76 Å². The average molecular weight is 451 g/mol. The second-order valence-corrected chi connectivity index (χ2v) is 6.63. The molecule has 0 spiro atoms. The van der Waals surface area contributed by atoms with Gasteiger partial charge in [-0.05, 0) is 36.4 Å². The number of hydrogen-bond donors (Lipinski definition) is 0. The highest BCUT2D eigenvalue weighted by molar-refractivity contribution is 5.89. The molecule has 0 fully saturated rings. The molecule has 168 valence electrons. The zero-order valence-electron chi connectivity index (χ0n) is 17.0. The minimum atomic E-state index is -5.06. The van der Waals surface area contributed by atoms with Crippen LogP contribution in [-0.2, 0) is 10.9 Å². The third-order valence-electron chi connectivity index (χ3n) is 4.15. The number of hydrogen-bond acceptors (Lipinski definition) is 7. The first kappa shape index (κ1) is 22.7.